The molecule has 2 aromatic carbocycles. The average molecular weight is 385 g/mol. The van der Waals surface area contributed by atoms with E-state index in [0.717, 1.165) is 12.8 Å². The molecule has 1 atom stereocenters. The largest absolute Gasteiger partial charge is 0.349 e. The second-order valence-corrected chi connectivity index (χ2v) is 9.23. The van der Waals surface area contributed by atoms with E-state index in [1.54, 1.807) is 30.3 Å². The van der Waals surface area contributed by atoms with Crippen LogP contribution in [0.4, 0.5) is 0 Å². The molecule has 1 N–H and O–H groups in total. The molecule has 0 bridgehead atoms. The number of nitrogens with one attached hydrogen (secondary N) is 1. The standard InChI is InChI=1S/C21H24N2O3S/c24-21(22-20-11-10-16-6-4-5-9-19(16)20)17-12-14-23(15-13-17)27(25,26)18-7-2-1-3-8-18/h1-9,17,20H,10-15H2,(H,22,24). The minimum atomic E-state index is -3.47. The molecule has 2 aliphatic rings. The Labute approximate surface area is 160 Å². The Morgan fingerprint density at radius 3 is 2.33 bits per heavy atom. The predicted octanol–water partition coefficient (Wildman–Crippen LogP) is 2.89. The van der Waals surface area contributed by atoms with Gasteiger partial charge in [-0.2, -0.15) is 4.31 Å². The maximum atomic E-state index is 12.7. The second-order valence-electron chi connectivity index (χ2n) is 7.29. The zero-order valence-corrected chi connectivity index (χ0v) is 16.0. The first-order valence-electron chi connectivity index (χ1n) is 9.49. The molecule has 6 heteroatoms. The molecule has 1 aliphatic carbocycles. The van der Waals surface area contributed by atoms with Crippen molar-refractivity contribution in [2.75, 3.05) is 13.1 Å². The van der Waals surface area contributed by atoms with E-state index in [9.17, 15) is 13.2 Å². The molecule has 0 aromatic heterocycles. The summed E-state index contributed by atoms with van der Waals surface area (Å²) in [7, 11) is -3.47. The highest BCUT2D eigenvalue weighted by Crippen LogP contribution is 2.32. The summed E-state index contributed by atoms with van der Waals surface area (Å²) in [4.78, 5) is 13.0. The highest BCUT2D eigenvalue weighted by Gasteiger charge is 2.33. The summed E-state index contributed by atoms with van der Waals surface area (Å²) in [6.07, 6.45) is 3.06. The Morgan fingerprint density at radius 2 is 1.59 bits per heavy atom. The monoisotopic (exact) mass is 384 g/mol. The number of fused-ring (bicyclic) bond motifs is 1. The van der Waals surface area contributed by atoms with Crippen LogP contribution in [0.25, 0.3) is 0 Å². The molecule has 5 nitrogen and oxygen atoms in total. The van der Waals surface area contributed by atoms with Crippen LogP contribution in [0.5, 0.6) is 0 Å². The van der Waals surface area contributed by atoms with Crippen molar-refractivity contribution in [3.8, 4) is 0 Å². The molecule has 1 amide bonds. The minimum absolute atomic E-state index is 0.0495. The van der Waals surface area contributed by atoms with Gasteiger partial charge < -0.3 is 5.32 Å². The number of piperidine rings is 1. The van der Waals surface area contributed by atoms with Gasteiger partial charge in [-0.1, -0.05) is 42.5 Å². The van der Waals surface area contributed by atoms with Crippen molar-refractivity contribution in [2.24, 2.45) is 5.92 Å². The number of hydrogen-bond acceptors (Lipinski definition) is 3. The van der Waals surface area contributed by atoms with Crippen LogP contribution in [0, 0.1) is 5.92 Å². The van der Waals surface area contributed by atoms with Crippen LogP contribution in [0.3, 0.4) is 0 Å². The summed E-state index contributed by atoms with van der Waals surface area (Å²) in [6, 6.07) is 16.8. The van der Waals surface area contributed by atoms with Crippen molar-refractivity contribution in [1.29, 1.82) is 0 Å². The molecule has 0 saturated carbocycles. The van der Waals surface area contributed by atoms with Gasteiger partial charge in [-0.3, -0.25) is 4.79 Å². The van der Waals surface area contributed by atoms with E-state index in [1.165, 1.54) is 15.4 Å². The normalized spacial score (nSPS) is 21.0. The number of nitrogens with zero attached hydrogens (tertiary/aromatic N) is 1. The lowest BCUT2D eigenvalue weighted by Gasteiger charge is -2.31. The molecule has 142 valence electrons. The fourth-order valence-corrected chi connectivity index (χ4v) is 5.59. The van der Waals surface area contributed by atoms with Crippen molar-refractivity contribution in [3.05, 3.63) is 65.7 Å². The van der Waals surface area contributed by atoms with E-state index in [1.807, 2.05) is 12.1 Å². The molecule has 1 saturated heterocycles. The quantitative estimate of drug-likeness (QED) is 0.881. The summed E-state index contributed by atoms with van der Waals surface area (Å²) >= 11 is 0. The van der Waals surface area contributed by atoms with E-state index >= 15 is 0 Å². The number of amides is 1. The molecule has 1 aliphatic heterocycles. The molecule has 1 unspecified atom stereocenters. The number of sulfonamides is 1. The molecule has 27 heavy (non-hydrogen) atoms. The van der Waals surface area contributed by atoms with Crippen LogP contribution in [-0.4, -0.2) is 31.7 Å². The highest BCUT2D eigenvalue weighted by molar-refractivity contribution is 7.89. The van der Waals surface area contributed by atoms with Crippen molar-refractivity contribution in [3.63, 3.8) is 0 Å². The first-order chi connectivity index (χ1) is 13.1. The Balaban J connectivity index is 1.36. The smallest absolute Gasteiger partial charge is 0.243 e. The van der Waals surface area contributed by atoms with E-state index in [2.05, 4.69) is 17.4 Å². The molecule has 0 radical (unpaired) electrons. The first-order valence-corrected chi connectivity index (χ1v) is 10.9. The van der Waals surface area contributed by atoms with E-state index < -0.39 is 10.0 Å². The highest BCUT2D eigenvalue weighted by atomic mass is 32.2. The third kappa shape index (κ3) is 3.64. The van der Waals surface area contributed by atoms with Crippen molar-refractivity contribution >= 4 is 15.9 Å². The SMILES string of the molecule is O=C(NC1CCc2ccccc21)C1CCN(S(=O)(=O)c2ccccc2)CC1. The number of carbonyl (C=O) groups excluding carboxylic acids is 1. The van der Waals surface area contributed by atoms with E-state index in [-0.39, 0.29) is 17.9 Å². The lowest BCUT2D eigenvalue weighted by atomic mass is 9.96. The summed E-state index contributed by atoms with van der Waals surface area (Å²) in [5.74, 6) is -0.0755. The van der Waals surface area contributed by atoms with Crippen LogP contribution in [0.1, 0.15) is 36.4 Å². The number of benzene rings is 2. The van der Waals surface area contributed by atoms with Crippen molar-refractivity contribution < 1.29 is 13.2 Å². The number of rotatable bonds is 4. The summed E-state index contributed by atoms with van der Waals surface area (Å²) in [6.45, 7) is 0.771. The lowest BCUT2D eigenvalue weighted by Crippen LogP contribution is -2.43. The fourth-order valence-electron chi connectivity index (χ4n) is 4.10. The van der Waals surface area contributed by atoms with Gasteiger partial charge in [0.1, 0.15) is 0 Å². The van der Waals surface area contributed by atoms with Gasteiger partial charge in [-0.25, -0.2) is 8.42 Å². The van der Waals surface area contributed by atoms with Gasteiger partial charge in [-0.05, 0) is 48.9 Å². The number of aryl methyl sites for hydroxylation is 1. The zero-order chi connectivity index (χ0) is 18.9. The van der Waals surface area contributed by atoms with Gasteiger partial charge in [0.15, 0.2) is 0 Å². The van der Waals surface area contributed by atoms with Crippen LogP contribution in [-0.2, 0) is 21.2 Å². The molecule has 0 spiro atoms. The molecule has 2 aromatic rings. The maximum absolute atomic E-state index is 12.7. The van der Waals surface area contributed by atoms with E-state index in [4.69, 9.17) is 0 Å². The Kier molecular flexibility index (Phi) is 5.02. The van der Waals surface area contributed by atoms with Crippen molar-refractivity contribution in [1.82, 2.24) is 9.62 Å². The van der Waals surface area contributed by atoms with Gasteiger partial charge in [0.2, 0.25) is 15.9 Å². The Hall–Kier alpha value is -2.18. The number of carbonyl (C=O) groups is 1. The van der Waals surface area contributed by atoms with Gasteiger partial charge in [0.25, 0.3) is 0 Å². The van der Waals surface area contributed by atoms with Gasteiger partial charge in [0.05, 0.1) is 10.9 Å². The molecule has 4 rings (SSSR count). The Bertz CT molecular complexity index is 919. The molecular weight excluding hydrogens is 360 g/mol. The lowest BCUT2D eigenvalue weighted by molar-refractivity contribution is -0.126. The van der Waals surface area contributed by atoms with E-state index in [0.29, 0.717) is 30.8 Å². The summed E-state index contributed by atoms with van der Waals surface area (Å²) in [5.41, 5.74) is 2.53. The Morgan fingerprint density at radius 1 is 0.926 bits per heavy atom. The zero-order valence-electron chi connectivity index (χ0n) is 15.2. The average Bonchev–Trinajstić information content (AvgIpc) is 3.12. The van der Waals surface area contributed by atoms with Crippen LogP contribution in [0.2, 0.25) is 0 Å². The van der Waals surface area contributed by atoms with Crippen LogP contribution >= 0.6 is 0 Å². The van der Waals surface area contributed by atoms with Gasteiger partial charge >= 0.3 is 0 Å². The first kappa shape index (κ1) is 18.2. The third-order valence-corrected chi connectivity index (χ3v) is 7.57. The predicted molar refractivity (Wildman–Crippen MR) is 104 cm³/mol. The van der Waals surface area contributed by atoms with Crippen molar-refractivity contribution in [2.45, 2.75) is 36.6 Å². The van der Waals surface area contributed by atoms with Gasteiger partial charge in [0, 0.05) is 19.0 Å². The summed E-state index contributed by atoms with van der Waals surface area (Å²) in [5, 5.41) is 3.18. The summed E-state index contributed by atoms with van der Waals surface area (Å²) < 4.78 is 26.9. The topological polar surface area (TPSA) is 66.5 Å². The fraction of sp³-hybridized carbons (Fsp3) is 0.381. The van der Waals surface area contributed by atoms with Gasteiger partial charge in [-0.15, -0.1) is 0 Å². The molecular formula is C21H24N2O3S. The number of hydrogen-bond donors (Lipinski definition) is 1. The molecule has 1 heterocycles. The molecule has 1 fully saturated rings. The maximum Gasteiger partial charge on any atom is 0.243 e. The third-order valence-electron chi connectivity index (χ3n) is 5.66. The van der Waals surface area contributed by atoms with Crippen LogP contribution < -0.4 is 5.32 Å². The van der Waals surface area contributed by atoms with Crippen LogP contribution in [0.15, 0.2) is 59.5 Å². The minimum Gasteiger partial charge on any atom is -0.349 e. The second kappa shape index (κ2) is 7.44.